The number of hydrogen-bond acceptors (Lipinski definition) is 6. The van der Waals surface area contributed by atoms with Gasteiger partial charge in [0.2, 0.25) is 0 Å². The molecule has 1 aliphatic heterocycles. The summed E-state index contributed by atoms with van der Waals surface area (Å²) in [5.41, 5.74) is 1.59. The molecular weight excluding hydrogens is 410 g/mol. The maximum absolute atomic E-state index is 13.3. The van der Waals surface area contributed by atoms with Gasteiger partial charge in [0.1, 0.15) is 11.5 Å². The van der Waals surface area contributed by atoms with E-state index in [0.717, 1.165) is 45.0 Å². The minimum atomic E-state index is 0.0105. The number of benzene rings is 3. The Hall–Kier alpha value is -3.32. The number of methoxy groups -OCH3 is 2. The lowest BCUT2D eigenvalue weighted by Crippen LogP contribution is -2.48. The molecule has 1 fully saturated rings. The summed E-state index contributed by atoms with van der Waals surface area (Å²) in [6, 6.07) is 17.8. The van der Waals surface area contributed by atoms with E-state index in [0.29, 0.717) is 24.4 Å². The Morgan fingerprint density at radius 1 is 0.935 bits per heavy atom. The van der Waals surface area contributed by atoms with Gasteiger partial charge in [0, 0.05) is 26.2 Å². The van der Waals surface area contributed by atoms with Crippen molar-refractivity contribution in [3.8, 4) is 11.5 Å². The summed E-state index contributed by atoms with van der Waals surface area (Å²) in [6.45, 7) is 2.79. The lowest BCUT2D eigenvalue weighted by molar-refractivity contribution is 0.0743. The van der Waals surface area contributed by atoms with Gasteiger partial charge in [-0.15, -0.1) is 0 Å². The molecule has 1 aliphatic rings. The van der Waals surface area contributed by atoms with Crippen LogP contribution >= 0.6 is 11.3 Å². The van der Waals surface area contributed by atoms with E-state index in [1.807, 2.05) is 59.5 Å². The minimum Gasteiger partial charge on any atom is -0.497 e. The highest BCUT2D eigenvalue weighted by Crippen LogP contribution is 2.32. The molecule has 158 valence electrons. The van der Waals surface area contributed by atoms with Gasteiger partial charge in [0.15, 0.2) is 5.13 Å². The molecule has 3 aromatic carbocycles. The molecule has 2 heterocycles. The number of ether oxygens (including phenoxy) is 2. The molecular formula is C24H23N3O3S. The Balaban J connectivity index is 1.33. The minimum absolute atomic E-state index is 0.0105. The normalized spacial score (nSPS) is 14.3. The van der Waals surface area contributed by atoms with Gasteiger partial charge in [0.05, 0.1) is 30.0 Å². The van der Waals surface area contributed by atoms with Gasteiger partial charge in [-0.25, -0.2) is 4.98 Å². The van der Waals surface area contributed by atoms with Crippen LogP contribution in [0.5, 0.6) is 11.5 Å². The third-order valence-corrected chi connectivity index (χ3v) is 6.80. The molecule has 6 nitrogen and oxygen atoms in total. The molecule has 0 saturated carbocycles. The van der Waals surface area contributed by atoms with E-state index in [2.05, 4.69) is 4.90 Å². The van der Waals surface area contributed by atoms with E-state index in [-0.39, 0.29) is 5.91 Å². The molecule has 0 bridgehead atoms. The molecule has 0 atom stereocenters. The van der Waals surface area contributed by atoms with Crippen LogP contribution in [0, 0.1) is 0 Å². The molecule has 0 unspecified atom stereocenters. The van der Waals surface area contributed by atoms with Crippen molar-refractivity contribution in [3.05, 3.63) is 60.2 Å². The first-order chi connectivity index (χ1) is 15.2. The van der Waals surface area contributed by atoms with Crippen LogP contribution in [0.1, 0.15) is 10.4 Å². The van der Waals surface area contributed by atoms with E-state index < -0.39 is 0 Å². The fourth-order valence-corrected chi connectivity index (χ4v) is 5.03. The molecule has 7 heteroatoms. The van der Waals surface area contributed by atoms with E-state index in [1.165, 1.54) is 0 Å². The number of amides is 1. The zero-order valence-corrected chi connectivity index (χ0v) is 18.3. The summed E-state index contributed by atoms with van der Waals surface area (Å²) < 4.78 is 12.0. The molecule has 4 aromatic rings. The Labute approximate surface area is 184 Å². The molecule has 1 aromatic heterocycles. The molecule has 0 aliphatic carbocycles. The van der Waals surface area contributed by atoms with E-state index in [1.54, 1.807) is 25.6 Å². The largest absolute Gasteiger partial charge is 0.497 e. The number of carbonyl (C=O) groups excluding carboxylic acids is 1. The van der Waals surface area contributed by atoms with Gasteiger partial charge < -0.3 is 19.3 Å². The summed E-state index contributed by atoms with van der Waals surface area (Å²) in [5.74, 6) is 1.46. The second-order valence-corrected chi connectivity index (χ2v) is 8.52. The number of anilines is 1. The van der Waals surface area contributed by atoms with Crippen LogP contribution in [-0.4, -0.2) is 56.2 Å². The number of aromatic nitrogens is 1. The van der Waals surface area contributed by atoms with Crippen LogP contribution in [0.4, 0.5) is 5.13 Å². The first-order valence-electron chi connectivity index (χ1n) is 10.2. The van der Waals surface area contributed by atoms with Gasteiger partial charge in [-0.2, -0.15) is 0 Å². The molecule has 0 N–H and O–H groups in total. The number of hydrogen-bond donors (Lipinski definition) is 0. The summed E-state index contributed by atoms with van der Waals surface area (Å²) in [5, 5.41) is 3.09. The van der Waals surface area contributed by atoms with Crippen LogP contribution < -0.4 is 14.4 Å². The molecule has 1 amide bonds. The predicted octanol–water partition coefficient (Wildman–Crippen LogP) is 4.43. The molecule has 31 heavy (non-hydrogen) atoms. The van der Waals surface area contributed by atoms with E-state index >= 15 is 0 Å². The SMILES string of the molecule is COc1ccc2nc(N3CCN(C(=O)c4cc5ccccc5cc4OC)CC3)sc2c1. The topological polar surface area (TPSA) is 54.9 Å². The predicted molar refractivity (Wildman–Crippen MR) is 125 cm³/mol. The molecule has 1 saturated heterocycles. The highest BCUT2D eigenvalue weighted by atomic mass is 32.1. The van der Waals surface area contributed by atoms with Crippen LogP contribution in [0.3, 0.4) is 0 Å². The molecule has 0 spiro atoms. The van der Waals surface area contributed by atoms with Crippen LogP contribution in [0.15, 0.2) is 54.6 Å². The van der Waals surface area contributed by atoms with Crippen molar-refractivity contribution in [2.24, 2.45) is 0 Å². The highest BCUT2D eigenvalue weighted by molar-refractivity contribution is 7.22. The average Bonchev–Trinajstić information content (AvgIpc) is 3.26. The number of thiazole rings is 1. The van der Waals surface area contributed by atoms with E-state index in [4.69, 9.17) is 14.5 Å². The fraction of sp³-hybridized carbons (Fsp3) is 0.250. The summed E-state index contributed by atoms with van der Waals surface area (Å²) in [6.07, 6.45) is 0. The Kier molecular flexibility index (Phi) is 5.11. The smallest absolute Gasteiger partial charge is 0.257 e. The highest BCUT2D eigenvalue weighted by Gasteiger charge is 2.26. The maximum atomic E-state index is 13.3. The van der Waals surface area contributed by atoms with Gasteiger partial charge in [-0.3, -0.25) is 4.79 Å². The lowest BCUT2D eigenvalue weighted by atomic mass is 10.0. The Bertz CT molecular complexity index is 1260. The van der Waals surface area contributed by atoms with Crippen molar-refractivity contribution in [1.82, 2.24) is 9.88 Å². The monoisotopic (exact) mass is 433 g/mol. The lowest BCUT2D eigenvalue weighted by Gasteiger charge is -2.34. The quantitative estimate of drug-likeness (QED) is 0.477. The van der Waals surface area contributed by atoms with Crippen molar-refractivity contribution in [3.63, 3.8) is 0 Å². The van der Waals surface area contributed by atoms with Gasteiger partial charge in [0.25, 0.3) is 5.91 Å². The van der Waals surface area contributed by atoms with Crippen molar-refractivity contribution in [2.45, 2.75) is 0 Å². The van der Waals surface area contributed by atoms with Crippen molar-refractivity contribution < 1.29 is 14.3 Å². The third kappa shape index (κ3) is 3.65. The van der Waals surface area contributed by atoms with Crippen LogP contribution in [0.2, 0.25) is 0 Å². The van der Waals surface area contributed by atoms with Crippen molar-refractivity contribution >= 4 is 43.4 Å². The summed E-state index contributed by atoms with van der Waals surface area (Å²) in [4.78, 5) is 22.2. The standard InChI is InChI=1S/C24H23N3O3S/c1-29-18-7-8-20-22(15-18)31-24(25-20)27-11-9-26(10-12-27)23(28)19-13-16-5-3-4-6-17(16)14-21(19)30-2/h3-8,13-15H,9-12H2,1-2H3. The van der Waals surface area contributed by atoms with Crippen molar-refractivity contribution in [1.29, 1.82) is 0 Å². The maximum Gasteiger partial charge on any atom is 0.257 e. The average molecular weight is 434 g/mol. The van der Waals surface area contributed by atoms with Crippen LogP contribution in [-0.2, 0) is 0 Å². The number of carbonyl (C=O) groups is 1. The van der Waals surface area contributed by atoms with Gasteiger partial charge in [-0.1, -0.05) is 35.6 Å². The van der Waals surface area contributed by atoms with Gasteiger partial charge >= 0.3 is 0 Å². The molecule has 5 rings (SSSR count). The first-order valence-corrected chi connectivity index (χ1v) is 11.0. The number of fused-ring (bicyclic) bond motifs is 2. The Morgan fingerprint density at radius 3 is 2.39 bits per heavy atom. The first kappa shape index (κ1) is 19.6. The van der Waals surface area contributed by atoms with Crippen molar-refractivity contribution in [2.75, 3.05) is 45.3 Å². The summed E-state index contributed by atoms with van der Waals surface area (Å²) in [7, 11) is 3.28. The third-order valence-electron chi connectivity index (χ3n) is 5.72. The second kappa shape index (κ2) is 8.07. The number of rotatable bonds is 4. The fourth-order valence-electron chi connectivity index (χ4n) is 3.98. The summed E-state index contributed by atoms with van der Waals surface area (Å²) >= 11 is 1.66. The van der Waals surface area contributed by atoms with Crippen LogP contribution in [0.25, 0.3) is 21.0 Å². The van der Waals surface area contributed by atoms with E-state index in [9.17, 15) is 4.79 Å². The van der Waals surface area contributed by atoms with Gasteiger partial charge in [-0.05, 0) is 41.1 Å². The number of piperazine rings is 1. The zero-order valence-electron chi connectivity index (χ0n) is 17.5. The zero-order chi connectivity index (χ0) is 21.4. The molecule has 0 radical (unpaired) electrons. The Morgan fingerprint density at radius 2 is 1.68 bits per heavy atom. The second-order valence-electron chi connectivity index (χ2n) is 7.51. The number of nitrogens with zero attached hydrogens (tertiary/aromatic N) is 3.